The van der Waals surface area contributed by atoms with Crippen molar-refractivity contribution in [2.75, 3.05) is 7.11 Å². The molecule has 1 aliphatic carbocycles. The number of nitrogens with zero attached hydrogens (tertiary/aromatic N) is 2. The highest BCUT2D eigenvalue weighted by atomic mass is 16.5. The number of fused-ring (bicyclic) bond motifs is 1. The van der Waals surface area contributed by atoms with E-state index in [2.05, 4.69) is 15.4 Å². The fraction of sp³-hybridized carbons (Fsp3) is 0.471. The molecule has 3 rings (SSSR count). The Kier molecular flexibility index (Phi) is 5.02. The second kappa shape index (κ2) is 7.37. The van der Waals surface area contributed by atoms with Gasteiger partial charge in [-0.25, -0.2) is 4.79 Å². The number of aromatic nitrogens is 3. The van der Waals surface area contributed by atoms with Crippen molar-refractivity contribution < 1.29 is 14.3 Å². The number of nitrogens with one attached hydrogen (secondary N) is 1. The summed E-state index contributed by atoms with van der Waals surface area (Å²) in [5, 5.41) is 11.1. The number of aromatic amines is 1. The number of carbonyl (C=O) groups is 1. The summed E-state index contributed by atoms with van der Waals surface area (Å²) in [6.45, 7) is 0.485. The minimum atomic E-state index is -0.329. The number of benzene rings is 1. The Labute approximate surface area is 135 Å². The predicted molar refractivity (Wildman–Crippen MR) is 83.9 cm³/mol. The fourth-order valence-corrected chi connectivity index (χ4v) is 2.86. The van der Waals surface area contributed by atoms with Gasteiger partial charge in [-0.3, -0.25) is 5.10 Å². The van der Waals surface area contributed by atoms with Crippen molar-refractivity contribution in [1.29, 1.82) is 0 Å². The van der Waals surface area contributed by atoms with E-state index in [1.807, 2.05) is 12.1 Å². The standard InChI is InChI=1S/C17H21N3O3/c1-22-17(21)13-9-7-12(8-10-13)11-23-15-6-4-2-3-5-14-16(15)19-20-18-14/h7-10,15H,2-6,11H2,1H3,(H,18,19,20). The number of methoxy groups -OCH3 is 1. The van der Waals surface area contributed by atoms with Crippen molar-refractivity contribution in [1.82, 2.24) is 15.4 Å². The first kappa shape index (κ1) is 15.7. The molecule has 1 aliphatic rings. The van der Waals surface area contributed by atoms with Gasteiger partial charge in [-0.1, -0.05) is 30.2 Å². The molecule has 1 N–H and O–H groups in total. The summed E-state index contributed by atoms with van der Waals surface area (Å²) in [5.41, 5.74) is 3.59. The van der Waals surface area contributed by atoms with Crippen LogP contribution < -0.4 is 0 Å². The Balaban J connectivity index is 1.65. The second-order valence-corrected chi connectivity index (χ2v) is 5.76. The summed E-state index contributed by atoms with van der Waals surface area (Å²) < 4.78 is 10.8. The molecular weight excluding hydrogens is 294 g/mol. The van der Waals surface area contributed by atoms with Crippen LogP contribution in [0.3, 0.4) is 0 Å². The first-order valence-corrected chi connectivity index (χ1v) is 7.96. The Hall–Kier alpha value is -2.21. The molecule has 1 atom stereocenters. The minimum Gasteiger partial charge on any atom is -0.465 e. The lowest BCUT2D eigenvalue weighted by Gasteiger charge is -2.19. The maximum Gasteiger partial charge on any atom is 0.337 e. The number of rotatable bonds is 4. The van der Waals surface area contributed by atoms with Crippen LogP contribution in [-0.4, -0.2) is 28.5 Å². The summed E-state index contributed by atoms with van der Waals surface area (Å²) in [5.74, 6) is -0.329. The van der Waals surface area contributed by atoms with Gasteiger partial charge in [0.05, 0.1) is 25.0 Å². The van der Waals surface area contributed by atoms with Gasteiger partial charge in [0.2, 0.25) is 0 Å². The van der Waals surface area contributed by atoms with Crippen LogP contribution in [-0.2, 0) is 22.5 Å². The van der Waals surface area contributed by atoms with Crippen LogP contribution in [0.25, 0.3) is 0 Å². The average Bonchev–Trinajstić information content (AvgIpc) is 3.02. The monoisotopic (exact) mass is 315 g/mol. The molecule has 0 saturated carbocycles. The van der Waals surface area contributed by atoms with Gasteiger partial charge in [-0.05, 0) is 37.0 Å². The molecule has 0 aliphatic heterocycles. The van der Waals surface area contributed by atoms with Gasteiger partial charge in [-0.2, -0.15) is 0 Å². The van der Waals surface area contributed by atoms with Crippen LogP contribution in [0.2, 0.25) is 0 Å². The fourth-order valence-electron chi connectivity index (χ4n) is 2.86. The third-order valence-corrected chi connectivity index (χ3v) is 4.18. The van der Waals surface area contributed by atoms with Crippen LogP contribution in [0, 0.1) is 0 Å². The van der Waals surface area contributed by atoms with Gasteiger partial charge in [0.25, 0.3) is 0 Å². The van der Waals surface area contributed by atoms with E-state index in [0.29, 0.717) is 12.2 Å². The van der Waals surface area contributed by atoms with E-state index >= 15 is 0 Å². The normalized spacial score (nSPS) is 17.9. The highest BCUT2D eigenvalue weighted by molar-refractivity contribution is 5.89. The number of hydrogen-bond acceptors (Lipinski definition) is 5. The molecule has 0 radical (unpaired) electrons. The lowest BCUT2D eigenvalue weighted by atomic mass is 9.99. The SMILES string of the molecule is COC(=O)c1ccc(COC2CCCCCc3[nH]nnc32)cc1. The van der Waals surface area contributed by atoms with Crippen molar-refractivity contribution in [3.63, 3.8) is 0 Å². The molecule has 122 valence electrons. The van der Waals surface area contributed by atoms with Crippen LogP contribution in [0.15, 0.2) is 24.3 Å². The number of carbonyl (C=O) groups excluding carboxylic acids is 1. The van der Waals surface area contributed by atoms with E-state index in [4.69, 9.17) is 9.47 Å². The zero-order valence-electron chi connectivity index (χ0n) is 13.2. The van der Waals surface area contributed by atoms with E-state index < -0.39 is 0 Å². The number of esters is 1. The average molecular weight is 315 g/mol. The maximum atomic E-state index is 11.4. The van der Waals surface area contributed by atoms with Gasteiger partial charge in [0.1, 0.15) is 11.8 Å². The quantitative estimate of drug-likeness (QED) is 0.878. The van der Waals surface area contributed by atoms with Crippen molar-refractivity contribution in [2.45, 2.75) is 44.8 Å². The second-order valence-electron chi connectivity index (χ2n) is 5.76. The summed E-state index contributed by atoms with van der Waals surface area (Å²) in [6, 6.07) is 7.28. The van der Waals surface area contributed by atoms with Gasteiger partial charge in [-0.15, -0.1) is 5.10 Å². The lowest BCUT2D eigenvalue weighted by molar-refractivity contribution is 0.0277. The number of hydrogen-bond donors (Lipinski definition) is 1. The molecule has 0 spiro atoms. The number of ether oxygens (including phenoxy) is 2. The molecule has 2 aromatic rings. The van der Waals surface area contributed by atoms with Gasteiger partial charge in [0.15, 0.2) is 0 Å². The third kappa shape index (κ3) is 3.76. The Morgan fingerprint density at radius 2 is 2.09 bits per heavy atom. The van der Waals surface area contributed by atoms with Crippen molar-refractivity contribution >= 4 is 5.97 Å². The van der Waals surface area contributed by atoms with Gasteiger partial charge >= 0.3 is 5.97 Å². The van der Waals surface area contributed by atoms with Gasteiger partial charge in [0, 0.05) is 0 Å². The molecule has 0 saturated heterocycles. The van der Waals surface area contributed by atoms with Crippen LogP contribution in [0.1, 0.15) is 59.1 Å². The van der Waals surface area contributed by atoms with E-state index in [-0.39, 0.29) is 12.1 Å². The zero-order valence-corrected chi connectivity index (χ0v) is 13.2. The molecule has 0 bridgehead atoms. The van der Waals surface area contributed by atoms with Crippen molar-refractivity contribution in [3.05, 3.63) is 46.8 Å². The molecule has 23 heavy (non-hydrogen) atoms. The molecule has 0 amide bonds. The topological polar surface area (TPSA) is 77.1 Å². The molecule has 6 nitrogen and oxygen atoms in total. The molecule has 0 fully saturated rings. The Morgan fingerprint density at radius 1 is 1.26 bits per heavy atom. The maximum absolute atomic E-state index is 11.4. The van der Waals surface area contributed by atoms with Gasteiger partial charge < -0.3 is 9.47 Å². The molecule has 1 unspecified atom stereocenters. The van der Waals surface area contributed by atoms with Crippen LogP contribution in [0.4, 0.5) is 0 Å². The zero-order chi connectivity index (χ0) is 16.1. The Bertz CT molecular complexity index is 651. The summed E-state index contributed by atoms with van der Waals surface area (Å²) in [7, 11) is 1.38. The minimum absolute atomic E-state index is 0.0238. The first-order chi connectivity index (χ1) is 11.3. The summed E-state index contributed by atoms with van der Waals surface area (Å²) >= 11 is 0. The molecular formula is C17H21N3O3. The molecule has 1 aromatic heterocycles. The van der Waals surface area contributed by atoms with E-state index in [1.54, 1.807) is 12.1 Å². The third-order valence-electron chi connectivity index (χ3n) is 4.18. The van der Waals surface area contributed by atoms with Crippen LogP contribution in [0.5, 0.6) is 0 Å². The predicted octanol–water partition coefficient (Wildman–Crippen LogP) is 2.97. The first-order valence-electron chi connectivity index (χ1n) is 7.96. The van der Waals surface area contributed by atoms with Crippen molar-refractivity contribution in [2.24, 2.45) is 0 Å². The van der Waals surface area contributed by atoms with Crippen LogP contribution >= 0.6 is 0 Å². The largest absolute Gasteiger partial charge is 0.465 e. The Morgan fingerprint density at radius 3 is 2.87 bits per heavy atom. The summed E-state index contributed by atoms with van der Waals surface area (Å²) in [6.07, 6.45) is 5.42. The van der Waals surface area contributed by atoms with Crippen molar-refractivity contribution in [3.8, 4) is 0 Å². The lowest BCUT2D eigenvalue weighted by Crippen LogP contribution is -2.10. The number of aryl methyl sites for hydroxylation is 1. The highest BCUT2D eigenvalue weighted by Gasteiger charge is 2.21. The molecule has 1 heterocycles. The number of H-pyrrole nitrogens is 1. The van der Waals surface area contributed by atoms with E-state index in [0.717, 1.165) is 36.2 Å². The summed E-state index contributed by atoms with van der Waals surface area (Å²) in [4.78, 5) is 11.4. The highest BCUT2D eigenvalue weighted by Crippen LogP contribution is 2.28. The smallest absolute Gasteiger partial charge is 0.337 e. The molecule has 1 aromatic carbocycles. The van der Waals surface area contributed by atoms with E-state index in [9.17, 15) is 4.79 Å². The molecule has 6 heteroatoms. The van der Waals surface area contributed by atoms with E-state index in [1.165, 1.54) is 20.0 Å².